The van der Waals surface area contributed by atoms with Gasteiger partial charge in [0.25, 0.3) is 0 Å². The number of amides is 1. The molecule has 4 N–H and O–H groups in total. The van der Waals surface area contributed by atoms with E-state index >= 15 is 0 Å². The average molecular weight is 290 g/mol. The topological polar surface area (TPSA) is 85.2 Å². The van der Waals surface area contributed by atoms with E-state index in [0.29, 0.717) is 12.2 Å². The minimum absolute atomic E-state index is 0.126. The van der Waals surface area contributed by atoms with Gasteiger partial charge in [-0.2, -0.15) is 0 Å². The van der Waals surface area contributed by atoms with E-state index in [9.17, 15) is 4.79 Å². The molecule has 0 fully saturated rings. The van der Waals surface area contributed by atoms with E-state index in [1.165, 1.54) is 0 Å². The molecule has 2 aromatic rings. The first-order chi connectivity index (χ1) is 9.47. The van der Waals surface area contributed by atoms with Crippen LogP contribution < -0.4 is 16.4 Å². The number of primary amides is 1. The highest BCUT2D eigenvalue weighted by atomic mass is 32.1. The number of benzene rings is 1. The molecule has 0 atom stereocenters. The summed E-state index contributed by atoms with van der Waals surface area (Å²) in [6, 6.07) is 7.59. The fraction of sp³-hybridized carbons (Fsp3) is 0.286. The molecule has 5 nitrogen and oxygen atoms in total. The number of hydrogen-bond acceptors (Lipinski definition) is 5. The van der Waals surface area contributed by atoms with Crippen molar-refractivity contribution >= 4 is 28.1 Å². The van der Waals surface area contributed by atoms with Crippen LogP contribution in [0.25, 0.3) is 0 Å². The number of thiazole rings is 1. The first-order valence-corrected chi connectivity index (χ1v) is 7.09. The number of nitrogen functional groups attached to an aromatic ring is 1. The first-order valence-electron chi connectivity index (χ1n) is 6.28. The molecular weight excluding hydrogens is 272 g/mol. The van der Waals surface area contributed by atoms with Gasteiger partial charge < -0.3 is 16.4 Å². The van der Waals surface area contributed by atoms with E-state index in [2.05, 4.69) is 4.98 Å². The van der Waals surface area contributed by atoms with Crippen molar-refractivity contribution in [2.75, 3.05) is 17.2 Å². The molecule has 0 aliphatic carbocycles. The summed E-state index contributed by atoms with van der Waals surface area (Å²) in [4.78, 5) is 18.8. The second-order valence-electron chi connectivity index (χ2n) is 4.66. The van der Waals surface area contributed by atoms with Crippen molar-refractivity contribution in [2.24, 2.45) is 5.73 Å². The third kappa shape index (κ3) is 3.27. The molecule has 1 amide bonds. The normalized spacial score (nSPS) is 10.5. The molecule has 0 aliphatic heterocycles. The van der Waals surface area contributed by atoms with Crippen molar-refractivity contribution in [3.8, 4) is 0 Å². The summed E-state index contributed by atoms with van der Waals surface area (Å²) in [6.45, 7) is 4.60. The summed E-state index contributed by atoms with van der Waals surface area (Å²) in [7, 11) is 0. The van der Waals surface area contributed by atoms with Gasteiger partial charge in [0.15, 0.2) is 5.13 Å². The molecule has 106 valence electrons. The lowest BCUT2D eigenvalue weighted by atomic mass is 10.2. The predicted octanol–water partition coefficient (Wildman–Crippen LogP) is 1.83. The summed E-state index contributed by atoms with van der Waals surface area (Å²) < 4.78 is 0. The number of nitrogens with two attached hydrogens (primary N) is 2. The van der Waals surface area contributed by atoms with E-state index in [0.717, 1.165) is 21.3 Å². The maximum absolute atomic E-state index is 11.3. The Hall–Kier alpha value is -2.08. The number of para-hydroxylation sites is 1. The van der Waals surface area contributed by atoms with E-state index in [1.807, 2.05) is 43.0 Å². The smallest absolute Gasteiger partial charge is 0.237 e. The number of aryl methyl sites for hydroxylation is 2. The van der Waals surface area contributed by atoms with E-state index in [1.54, 1.807) is 11.3 Å². The summed E-state index contributed by atoms with van der Waals surface area (Å²) in [6.07, 6.45) is 0. The lowest BCUT2D eigenvalue weighted by Crippen LogP contribution is -2.33. The highest BCUT2D eigenvalue weighted by molar-refractivity contribution is 7.15. The van der Waals surface area contributed by atoms with Gasteiger partial charge in [-0.3, -0.25) is 4.79 Å². The standard InChI is InChI=1S/C14H18N4OS/c1-9-10(2)20-14(17-9)18(8-13(16)19)7-11-5-3-4-6-12(11)15/h3-6H,7-8,15H2,1-2H3,(H2,16,19). The largest absolute Gasteiger partial charge is 0.398 e. The van der Waals surface area contributed by atoms with Gasteiger partial charge in [0.1, 0.15) is 0 Å². The molecule has 0 bridgehead atoms. The molecule has 6 heteroatoms. The Morgan fingerprint density at radius 3 is 2.60 bits per heavy atom. The van der Waals surface area contributed by atoms with Crippen LogP contribution in [-0.4, -0.2) is 17.4 Å². The number of rotatable bonds is 5. The van der Waals surface area contributed by atoms with Gasteiger partial charge in [-0.1, -0.05) is 18.2 Å². The Bertz CT molecular complexity index is 604. The lowest BCUT2D eigenvalue weighted by Gasteiger charge is -2.21. The quantitative estimate of drug-likeness (QED) is 0.823. The average Bonchev–Trinajstić information content (AvgIpc) is 2.71. The highest BCUT2D eigenvalue weighted by Gasteiger charge is 2.16. The molecule has 0 saturated carbocycles. The number of aromatic nitrogens is 1. The lowest BCUT2D eigenvalue weighted by molar-refractivity contribution is -0.116. The third-order valence-corrected chi connectivity index (χ3v) is 4.18. The van der Waals surface area contributed by atoms with Gasteiger partial charge in [-0.15, -0.1) is 11.3 Å². The molecule has 0 saturated heterocycles. The van der Waals surface area contributed by atoms with Crippen LogP contribution in [-0.2, 0) is 11.3 Å². The minimum Gasteiger partial charge on any atom is -0.398 e. The Kier molecular flexibility index (Phi) is 4.24. The zero-order valence-electron chi connectivity index (χ0n) is 11.6. The van der Waals surface area contributed by atoms with Crippen LogP contribution in [0.5, 0.6) is 0 Å². The Balaban J connectivity index is 2.28. The number of anilines is 2. The van der Waals surface area contributed by atoms with Crippen LogP contribution in [0.15, 0.2) is 24.3 Å². The molecule has 1 aromatic heterocycles. The monoisotopic (exact) mass is 290 g/mol. The van der Waals surface area contributed by atoms with Gasteiger partial charge in [-0.25, -0.2) is 4.98 Å². The predicted molar refractivity (Wildman–Crippen MR) is 82.7 cm³/mol. The molecule has 2 rings (SSSR count). The second kappa shape index (κ2) is 5.92. The Labute approximate surface area is 122 Å². The van der Waals surface area contributed by atoms with Gasteiger partial charge in [-0.05, 0) is 25.5 Å². The summed E-state index contributed by atoms with van der Waals surface area (Å²) in [5.74, 6) is -0.384. The van der Waals surface area contributed by atoms with Crippen LogP contribution in [0.4, 0.5) is 10.8 Å². The molecule has 1 heterocycles. The fourth-order valence-corrected chi connectivity index (χ4v) is 2.76. The zero-order chi connectivity index (χ0) is 14.7. The summed E-state index contributed by atoms with van der Waals surface area (Å²) >= 11 is 1.56. The SMILES string of the molecule is Cc1nc(N(CC(N)=O)Cc2ccccc2N)sc1C. The van der Waals surface area contributed by atoms with E-state index in [4.69, 9.17) is 11.5 Å². The van der Waals surface area contributed by atoms with Crippen LogP contribution in [0, 0.1) is 13.8 Å². The first kappa shape index (κ1) is 14.3. The molecule has 20 heavy (non-hydrogen) atoms. The molecule has 0 radical (unpaired) electrons. The van der Waals surface area contributed by atoms with Gasteiger partial charge in [0.2, 0.25) is 5.91 Å². The number of nitrogens with zero attached hydrogens (tertiary/aromatic N) is 2. The molecule has 0 aliphatic rings. The van der Waals surface area contributed by atoms with E-state index in [-0.39, 0.29) is 12.5 Å². The Morgan fingerprint density at radius 1 is 1.35 bits per heavy atom. The van der Waals surface area contributed by atoms with Crippen LogP contribution in [0.1, 0.15) is 16.1 Å². The molecular formula is C14H18N4OS. The van der Waals surface area contributed by atoms with Crippen molar-refractivity contribution in [1.82, 2.24) is 4.98 Å². The minimum atomic E-state index is -0.384. The molecule has 0 spiro atoms. The maximum atomic E-state index is 11.3. The molecule has 1 aromatic carbocycles. The van der Waals surface area contributed by atoms with Gasteiger partial charge in [0.05, 0.1) is 12.2 Å². The van der Waals surface area contributed by atoms with Gasteiger partial charge in [0, 0.05) is 17.1 Å². The van der Waals surface area contributed by atoms with Crippen LogP contribution in [0.2, 0.25) is 0 Å². The van der Waals surface area contributed by atoms with Crippen molar-refractivity contribution in [1.29, 1.82) is 0 Å². The Morgan fingerprint density at radius 2 is 2.05 bits per heavy atom. The highest BCUT2D eigenvalue weighted by Crippen LogP contribution is 2.27. The van der Waals surface area contributed by atoms with Gasteiger partial charge >= 0.3 is 0 Å². The van der Waals surface area contributed by atoms with Crippen LogP contribution in [0.3, 0.4) is 0 Å². The van der Waals surface area contributed by atoms with Crippen molar-refractivity contribution in [3.05, 3.63) is 40.4 Å². The van der Waals surface area contributed by atoms with E-state index < -0.39 is 0 Å². The number of carbonyl (C=O) groups is 1. The molecule has 0 unspecified atom stereocenters. The zero-order valence-corrected chi connectivity index (χ0v) is 12.4. The fourth-order valence-electron chi connectivity index (χ4n) is 1.85. The number of hydrogen-bond donors (Lipinski definition) is 2. The third-order valence-electron chi connectivity index (χ3n) is 3.05. The van der Waals surface area contributed by atoms with Crippen LogP contribution >= 0.6 is 11.3 Å². The van der Waals surface area contributed by atoms with Crippen molar-refractivity contribution in [3.63, 3.8) is 0 Å². The van der Waals surface area contributed by atoms with Crippen molar-refractivity contribution in [2.45, 2.75) is 20.4 Å². The van der Waals surface area contributed by atoms with Crippen molar-refractivity contribution < 1.29 is 4.79 Å². The summed E-state index contributed by atoms with van der Waals surface area (Å²) in [5, 5.41) is 0.794. The number of carbonyl (C=O) groups excluding carboxylic acids is 1. The maximum Gasteiger partial charge on any atom is 0.237 e. The second-order valence-corrected chi connectivity index (χ2v) is 5.84. The summed E-state index contributed by atoms with van der Waals surface area (Å²) in [5.41, 5.74) is 13.9.